The molecule has 3 N–H and O–H groups in total. The zero-order valence-electron chi connectivity index (χ0n) is 20.7. The van der Waals surface area contributed by atoms with Crippen molar-refractivity contribution < 1.29 is 37.1 Å². The van der Waals surface area contributed by atoms with Crippen LogP contribution in [0.15, 0.2) is 59.3 Å². The second-order valence-electron chi connectivity index (χ2n) is 7.62. The topological polar surface area (TPSA) is 185 Å². The Bertz CT molecular complexity index is 1430. The van der Waals surface area contributed by atoms with Gasteiger partial charge in [0.2, 0.25) is 11.0 Å². The summed E-state index contributed by atoms with van der Waals surface area (Å²) in [6.07, 6.45) is 0.139. The summed E-state index contributed by atoms with van der Waals surface area (Å²) in [5.74, 6) is 0.0814. The molecule has 0 unspecified atom stereocenters. The number of azo groups is 1. The van der Waals surface area contributed by atoms with Gasteiger partial charge in [-0.25, -0.2) is 5.26 Å². The number of hydrogen-bond donors (Lipinski definition) is 3. The Morgan fingerprint density at radius 3 is 2.56 bits per heavy atom. The fourth-order valence-corrected chi connectivity index (χ4v) is 4.56. The van der Waals surface area contributed by atoms with Crippen molar-refractivity contribution in [2.24, 2.45) is 10.2 Å². The fourth-order valence-electron chi connectivity index (χ4n) is 3.20. The summed E-state index contributed by atoms with van der Waals surface area (Å²) < 4.78 is 45.3. The van der Waals surface area contributed by atoms with Crippen LogP contribution in [-0.2, 0) is 24.3 Å². The molecule has 1 amide bonds. The van der Waals surface area contributed by atoms with Crippen molar-refractivity contribution in [3.8, 4) is 5.75 Å². The summed E-state index contributed by atoms with van der Waals surface area (Å²) in [4.78, 5) is 18.2. The summed E-state index contributed by atoms with van der Waals surface area (Å²) >= 11 is 1.55. The lowest BCUT2D eigenvalue weighted by Gasteiger charge is -2.26. The van der Waals surface area contributed by atoms with E-state index in [-0.39, 0.29) is 34.7 Å². The number of hydrogen-bond acceptors (Lipinski definition) is 14. The third-order valence-electron chi connectivity index (χ3n) is 4.84. The van der Waals surface area contributed by atoms with Gasteiger partial charge in [0.1, 0.15) is 11.4 Å². The summed E-state index contributed by atoms with van der Waals surface area (Å²) in [6.45, 7) is 5.28. The molecule has 0 spiro atoms. The average Bonchev–Trinajstić information content (AvgIpc) is 3.37. The zero-order valence-corrected chi connectivity index (χ0v) is 23.1. The first-order valence-electron chi connectivity index (χ1n) is 11.0. The normalized spacial score (nSPS) is 11.5. The molecule has 3 aromatic rings. The number of ether oxygens (including phenoxy) is 1. The minimum Gasteiger partial charge on any atom is -0.497 e. The van der Waals surface area contributed by atoms with Crippen molar-refractivity contribution in [2.75, 3.05) is 29.6 Å². The molecule has 0 aliphatic carbocycles. The number of amides is 1. The lowest BCUT2D eigenvalue weighted by atomic mass is 10.2. The molecule has 3 rings (SSSR count). The number of nitrogens with one attached hydrogen (secondary N) is 1. The van der Waals surface area contributed by atoms with E-state index in [4.69, 9.17) is 9.99 Å². The highest BCUT2D eigenvalue weighted by Crippen LogP contribution is 2.36. The molecule has 0 atom stereocenters. The maximum Gasteiger partial charge on any atom is 0.264 e. The molecule has 1 aromatic heterocycles. The van der Waals surface area contributed by atoms with Crippen LogP contribution in [0.1, 0.15) is 19.2 Å². The minimum absolute atomic E-state index is 0.139. The Morgan fingerprint density at radius 2 is 1.92 bits per heavy atom. The molecule has 17 heteroatoms. The van der Waals surface area contributed by atoms with Gasteiger partial charge in [-0.3, -0.25) is 9.35 Å². The van der Waals surface area contributed by atoms with Gasteiger partial charge in [-0.2, -0.15) is 17.8 Å². The second kappa shape index (κ2) is 14.1. The van der Waals surface area contributed by atoms with Gasteiger partial charge >= 0.3 is 0 Å². The molecule has 0 aliphatic heterocycles. The van der Waals surface area contributed by atoms with Crippen LogP contribution >= 0.6 is 23.6 Å². The van der Waals surface area contributed by atoms with Crippen LogP contribution in [0.2, 0.25) is 0 Å². The van der Waals surface area contributed by atoms with Crippen molar-refractivity contribution in [3.05, 3.63) is 54.9 Å². The van der Waals surface area contributed by atoms with Gasteiger partial charge in [-0.1, -0.05) is 11.6 Å². The molecule has 0 saturated carbocycles. The molecule has 1 heterocycles. The maximum absolute atomic E-state index is 11.9. The van der Waals surface area contributed by atoms with Crippen LogP contribution in [0.25, 0.3) is 4.91 Å². The Labute approximate surface area is 232 Å². The molecule has 208 valence electrons. The first kappa shape index (κ1) is 30.1. The molecule has 14 nitrogen and oxygen atoms in total. The van der Waals surface area contributed by atoms with Crippen molar-refractivity contribution in [3.63, 3.8) is 0 Å². The smallest absolute Gasteiger partial charge is 0.264 e. The molecule has 39 heavy (non-hydrogen) atoms. The van der Waals surface area contributed by atoms with Crippen LogP contribution in [0.5, 0.6) is 5.75 Å². The number of aromatic nitrogens is 2. The lowest BCUT2D eigenvalue weighted by molar-refractivity contribution is -0.431. The Kier molecular flexibility index (Phi) is 10.9. The molecule has 0 radical (unpaired) electrons. The molecule has 0 fully saturated rings. The molecular formula is C22H24N6O8S3. The minimum atomic E-state index is -4.14. The Hall–Kier alpha value is -3.45. The van der Waals surface area contributed by atoms with E-state index in [1.807, 2.05) is 4.90 Å². The van der Waals surface area contributed by atoms with Gasteiger partial charge in [0.05, 0.1) is 35.5 Å². The summed E-state index contributed by atoms with van der Waals surface area (Å²) in [6, 6.07) is 12.2. The number of methoxy groups -OCH3 is 1. The molecule has 0 aliphatic rings. The quantitative estimate of drug-likeness (QED) is 0.0711. The van der Waals surface area contributed by atoms with Gasteiger partial charge in [0, 0.05) is 36.4 Å². The van der Waals surface area contributed by atoms with Crippen LogP contribution in [0.4, 0.5) is 27.9 Å². The second-order valence-corrected chi connectivity index (χ2v) is 10.7. The third-order valence-corrected chi connectivity index (χ3v) is 6.76. The van der Waals surface area contributed by atoms with Gasteiger partial charge in [0.15, 0.2) is 5.82 Å². The highest BCUT2D eigenvalue weighted by Gasteiger charge is 2.16. The number of carbonyl (C=O) groups is 1. The summed E-state index contributed by atoms with van der Waals surface area (Å²) in [7, 11) is -2.59. The molecule has 2 aromatic carbocycles. The summed E-state index contributed by atoms with van der Waals surface area (Å²) in [5.41, 5.74) is 2.01. The van der Waals surface area contributed by atoms with Crippen molar-refractivity contribution >= 4 is 72.4 Å². The van der Waals surface area contributed by atoms with Gasteiger partial charge < -0.3 is 15.0 Å². The maximum atomic E-state index is 11.9. The van der Waals surface area contributed by atoms with Crippen LogP contribution in [-0.4, -0.2) is 52.9 Å². The molecule has 0 bridgehead atoms. The fraction of sp³-hybridized carbons (Fsp3) is 0.227. The van der Waals surface area contributed by atoms with Crippen LogP contribution < -0.4 is 15.0 Å². The number of nitrogens with zero attached hydrogens (tertiary/aromatic N) is 5. The standard InChI is InChI=1S/C22H24N6O8S3/c1-14(38-36-35-30)21-24-22(37-27-21)26-25-19-10-7-17(13-20(19)23-15(2)29)28(11-4-12-39(31,32)33)16-5-8-18(34-3)9-6-16/h5-10,13,30H,1,4,11-12H2,2-3H3,(H,23,29)(H,31,32,33). The van der Waals surface area contributed by atoms with E-state index in [2.05, 4.69) is 40.9 Å². The lowest BCUT2D eigenvalue weighted by Crippen LogP contribution is -2.21. The highest BCUT2D eigenvalue weighted by molar-refractivity contribution is 8.03. The van der Waals surface area contributed by atoms with Crippen LogP contribution in [0, 0.1) is 0 Å². The van der Waals surface area contributed by atoms with Crippen molar-refractivity contribution in [1.29, 1.82) is 0 Å². The number of carbonyl (C=O) groups excluding carboxylic acids is 1. The van der Waals surface area contributed by atoms with E-state index in [1.54, 1.807) is 49.6 Å². The Balaban J connectivity index is 1.91. The van der Waals surface area contributed by atoms with Gasteiger partial charge in [0.25, 0.3) is 10.1 Å². The van der Waals surface area contributed by atoms with E-state index < -0.39 is 15.9 Å². The SMILES string of the molecule is C=C(SOOO)c1nsc(N=Nc2ccc(N(CCCS(=O)(=O)O)c3ccc(OC)cc3)cc2NC(C)=O)n1. The first-order valence-corrected chi connectivity index (χ1v) is 14.1. The Morgan fingerprint density at radius 1 is 1.21 bits per heavy atom. The number of anilines is 3. The predicted molar refractivity (Wildman–Crippen MR) is 147 cm³/mol. The largest absolute Gasteiger partial charge is 0.497 e. The monoisotopic (exact) mass is 596 g/mol. The van der Waals surface area contributed by atoms with E-state index in [9.17, 15) is 17.8 Å². The van der Waals surface area contributed by atoms with E-state index in [1.165, 1.54) is 6.92 Å². The summed E-state index contributed by atoms with van der Waals surface area (Å²) in [5, 5.41) is 23.0. The predicted octanol–water partition coefficient (Wildman–Crippen LogP) is 5.38. The first-order chi connectivity index (χ1) is 18.6. The van der Waals surface area contributed by atoms with Crippen LogP contribution in [0.3, 0.4) is 0 Å². The third kappa shape index (κ3) is 9.36. The number of benzene rings is 2. The molecule has 0 saturated heterocycles. The van der Waals surface area contributed by atoms with Gasteiger partial charge in [-0.15, -0.1) is 14.6 Å². The van der Waals surface area contributed by atoms with Gasteiger partial charge in [-0.05, 0) is 48.9 Å². The van der Waals surface area contributed by atoms with Crippen molar-refractivity contribution in [2.45, 2.75) is 13.3 Å². The highest BCUT2D eigenvalue weighted by atomic mass is 32.2. The van der Waals surface area contributed by atoms with E-state index in [0.29, 0.717) is 34.9 Å². The average molecular weight is 597 g/mol. The zero-order chi connectivity index (χ0) is 28.4. The molecular weight excluding hydrogens is 572 g/mol. The van der Waals surface area contributed by atoms with E-state index in [0.717, 1.165) is 17.2 Å². The van der Waals surface area contributed by atoms with E-state index >= 15 is 0 Å². The number of rotatable bonds is 14. The van der Waals surface area contributed by atoms with Crippen molar-refractivity contribution in [1.82, 2.24) is 9.36 Å².